The van der Waals surface area contributed by atoms with Gasteiger partial charge in [0.15, 0.2) is 5.82 Å². The summed E-state index contributed by atoms with van der Waals surface area (Å²) >= 11 is 6.30. The summed E-state index contributed by atoms with van der Waals surface area (Å²) in [7, 11) is 0. The minimum atomic E-state index is -0.960. The maximum absolute atomic E-state index is 12.4. The summed E-state index contributed by atoms with van der Waals surface area (Å²) in [6.07, 6.45) is 2.83. The van der Waals surface area contributed by atoms with Gasteiger partial charge in [0.25, 0.3) is 5.56 Å². The summed E-state index contributed by atoms with van der Waals surface area (Å²) < 4.78 is 0. The SMILES string of the molecule is O=C(O)N1CCN(c2nc(-c3ccncc3)[nH]c(=O)c2Cl)CC1Cc1ccccc1. The number of pyridine rings is 1. The van der Waals surface area contributed by atoms with Crippen LogP contribution in [0, 0.1) is 0 Å². The summed E-state index contributed by atoms with van der Waals surface area (Å²) in [5.74, 6) is 0.748. The number of nitrogens with one attached hydrogen (secondary N) is 1. The Morgan fingerprint density at radius 2 is 1.90 bits per heavy atom. The van der Waals surface area contributed by atoms with Crippen LogP contribution < -0.4 is 10.5 Å². The van der Waals surface area contributed by atoms with Crippen molar-refractivity contribution in [2.45, 2.75) is 12.5 Å². The van der Waals surface area contributed by atoms with E-state index in [4.69, 9.17) is 11.6 Å². The zero-order valence-electron chi connectivity index (χ0n) is 16.0. The number of benzene rings is 1. The predicted octanol–water partition coefficient (Wildman–Crippen LogP) is 2.90. The van der Waals surface area contributed by atoms with Crippen molar-refractivity contribution in [1.82, 2.24) is 19.9 Å². The second-order valence-electron chi connectivity index (χ2n) is 7.05. The van der Waals surface area contributed by atoms with Crippen molar-refractivity contribution < 1.29 is 9.90 Å². The number of rotatable bonds is 4. The first kappa shape index (κ1) is 19.9. The number of piperazine rings is 1. The molecule has 1 amide bonds. The molecule has 8 nitrogen and oxygen atoms in total. The van der Waals surface area contributed by atoms with Crippen LogP contribution in [0.2, 0.25) is 5.02 Å². The molecule has 1 aliphatic rings. The van der Waals surface area contributed by atoms with Crippen LogP contribution in [-0.4, -0.2) is 56.7 Å². The van der Waals surface area contributed by atoms with Crippen molar-refractivity contribution in [3.05, 3.63) is 75.8 Å². The second-order valence-corrected chi connectivity index (χ2v) is 7.43. The van der Waals surface area contributed by atoms with Gasteiger partial charge >= 0.3 is 6.09 Å². The van der Waals surface area contributed by atoms with Gasteiger partial charge in [-0.2, -0.15) is 0 Å². The number of hydrogen-bond acceptors (Lipinski definition) is 5. The molecule has 1 fully saturated rings. The minimum Gasteiger partial charge on any atom is -0.465 e. The average Bonchev–Trinajstić information content (AvgIpc) is 2.76. The maximum atomic E-state index is 12.4. The Kier molecular flexibility index (Phi) is 5.67. The third kappa shape index (κ3) is 4.13. The van der Waals surface area contributed by atoms with E-state index in [1.807, 2.05) is 35.2 Å². The van der Waals surface area contributed by atoms with E-state index in [-0.39, 0.29) is 11.1 Å². The number of aromatic amines is 1. The van der Waals surface area contributed by atoms with Crippen molar-refractivity contribution in [3.63, 3.8) is 0 Å². The molecule has 3 aromatic rings. The number of halogens is 1. The van der Waals surface area contributed by atoms with E-state index in [1.54, 1.807) is 24.5 Å². The molecule has 3 heterocycles. The Bertz CT molecular complexity index is 1090. The summed E-state index contributed by atoms with van der Waals surface area (Å²) in [6, 6.07) is 12.9. The van der Waals surface area contributed by atoms with E-state index in [9.17, 15) is 14.7 Å². The molecule has 1 saturated heterocycles. The lowest BCUT2D eigenvalue weighted by molar-refractivity contribution is 0.117. The number of nitrogens with zero attached hydrogens (tertiary/aromatic N) is 4. The minimum absolute atomic E-state index is 0.00459. The molecule has 0 saturated carbocycles. The van der Waals surface area contributed by atoms with Crippen LogP contribution in [0.3, 0.4) is 0 Å². The number of aromatic nitrogens is 3. The largest absolute Gasteiger partial charge is 0.465 e. The van der Waals surface area contributed by atoms with E-state index in [1.165, 1.54) is 4.90 Å². The molecule has 0 bridgehead atoms. The van der Waals surface area contributed by atoms with Crippen LogP contribution in [0.5, 0.6) is 0 Å². The van der Waals surface area contributed by atoms with Gasteiger partial charge in [0.2, 0.25) is 0 Å². The van der Waals surface area contributed by atoms with Crippen LogP contribution in [0.25, 0.3) is 11.4 Å². The van der Waals surface area contributed by atoms with E-state index >= 15 is 0 Å². The first-order chi connectivity index (χ1) is 14.5. The fraction of sp³-hybridized carbons (Fsp3) is 0.238. The molecule has 1 aromatic carbocycles. The van der Waals surface area contributed by atoms with E-state index < -0.39 is 11.7 Å². The Labute approximate surface area is 177 Å². The first-order valence-electron chi connectivity index (χ1n) is 9.51. The molecule has 1 aliphatic heterocycles. The van der Waals surface area contributed by atoms with Crippen LogP contribution in [0.1, 0.15) is 5.56 Å². The monoisotopic (exact) mass is 425 g/mol. The van der Waals surface area contributed by atoms with Crippen molar-refractivity contribution in [2.75, 3.05) is 24.5 Å². The van der Waals surface area contributed by atoms with Crippen molar-refractivity contribution >= 4 is 23.5 Å². The van der Waals surface area contributed by atoms with Crippen molar-refractivity contribution in [3.8, 4) is 11.4 Å². The number of amides is 1. The Morgan fingerprint density at radius 1 is 1.17 bits per heavy atom. The van der Waals surface area contributed by atoms with E-state index in [0.29, 0.717) is 43.3 Å². The van der Waals surface area contributed by atoms with E-state index in [0.717, 1.165) is 5.56 Å². The number of H-pyrrole nitrogens is 1. The average molecular weight is 426 g/mol. The van der Waals surface area contributed by atoms with Gasteiger partial charge in [-0.1, -0.05) is 41.9 Å². The lowest BCUT2D eigenvalue weighted by Gasteiger charge is -2.40. The highest BCUT2D eigenvalue weighted by atomic mass is 35.5. The molecule has 0 spiro atoms. The van der Waals surface area contributed by atoms with Gasteiger partial charge in [0, 0.05) is 37.6 Å². The molecule has 0 radical (unpaired) electrons. The second kappa shape index (κ2) is 8.54. The van der Waals surface area contributed by atoms with Crippen LogP contribution in [-0.2, 0) is 6.42 Å². The van der Waals surface area contributed by atoms with Crippen LogP contribution in [0.4, 0.5) is 10.6 Å². The van der Waals surface area contributed by atoms with Gasteiger partial charge in [-0.3, -0.25) is 9.78 Å². The van der Waals surface area contributed by atoms with Gasteiger partial charge in [0.1, 0.15) is 10.8 Å². The summed E-state index contributed by atoms with van der Waals surface area (Å²) in [5, 5.41) is 9.64. The molecule has 1 unspecified atom stereocenters. The third-order valence-corrected chi connectivity index (χ3v) is 5.48. The van der Waals surface area contributed by atoms with Crippen molar-refractivity contribution in [2.24, 2.45) is 0 Å². The fourth-order valence-electron chi connectivity index (χ4n) is 3.66. The normalized spacial score (nSPS) is 16.5. The molecule has 2 N–H and O–H groups in total. The maximum Gasteiger partial charge on any atom is 0.407 e. The van der Waals surface area contributed by atoms with Gasteiger partial charge in [-0.25, -0.2) is 9.78 Å². The summed E-state index contributed by atoms with van der Waals surface area (Å²) in [4.78, 5) is 38.8. The molecule has 4 rings (SSSR count). The quantitative estimate of drug-likeness (QED) is 0.666. The predicted molar refractivity (Wildman–Crippen MR) is 114 cm³/mol. The highest BCUT2D eigenvalue weighted by Gasteiger charge is 2.32. The lowest BCUT2D eigenvalue weighted by atomic mass is 10.0. The molecule has 1 atom stereocenters. The van der Waals surface area contributed by atoms with Crippen LogP contribution >= 0.6 is 11.6 Å². The topological polar surface area (TPSA) is 102 Å². The number of carboxylic acid groups (broad SMARTS) is 1. The molecule has 2 aromatic heterocycles. The third-order valence-electron chi connectivity index (χ3n) is 5.14. The van der Waals surface area contributed by atoms with E-state index in [2.05, 4.69) is 15.0 Å². The van der Waals surface area contributed by atoms with Crippen LogP contribution in [0.15, 0.2) is 59.7 Å². The molecule has 30 heavy (non-hydrogen) atoms. The Hall–Kier alpha value is -3.39. The van der Waals surface area contributed by atoms with Gasteiger partial charge in [-0.15, -0.1) is 0 Å². The summed E-state index contributed by atoms with van der Waals surface area (Å²) in [5.41, 5.74) is 1.32. The van der Waals surface area contributed by atoms with Gasteiger partial charge in [0.05, 0.1) is 6.04 Å². The van der Waals surface area contributed by atoms with Crippen molar-refractivity contribution in [1.29, 1.82) is 0 Å². The molecule has 154 valence electrons. The molecule has 0 aliphatic carbocycles. The highest BCUT2D eigenvalue weighted by Crippen LogP contribution is 2.26. The van der Waals surface area contributed by atoms with Gasteiger partial charge < -0.3 is 19.9 Å². The molecular weight excluding hydrogens is 406 g/mol. The zero-order valence-corrected chi connectivity index (χ0v) is 16.8. The summed E-state index contributed by atoms with van der Waals surface area (Å²) in [6.45, 7) is 1.07. The number of carbonyl (C=O) groups is 1. The molecular formula is C21H20ClN5O3. The highest BCUT2D eigenvalue weighted by molar-refractivity contribution is 6.32. The Balaban J connectivity index is 1.66. The molecule has 9 heteroatoms. The number of hydrogen-bond donors (Lipinski definition) is 2. The Morgan fingerprint density at radius 3 is 2.60 bits per heavy atom. The fourth-order valence-corrected chi connectivity index (χ4v) is 3.87. The van der Waals surface area contributed by atoms with Gasteiger partial charge in [-0.05, 0) is 24.1 Å². The zero-order chi connectivity index (χ0) is 21.1. The number of anilines is 1. The standard InChI is InChI=1S/C21H20ClN5O3/c22-17-19(24-18(25-20(17)28)15-6-8-23-9-7-15)26-10-11-27(21(29)30)16(13-26)12-14-4-2-1-3-5-14/h1-9,16H,10-13H2,(H,29,30)(H,24,25,28). The first-order valence-corrected chi connectivity index (χ1v) is 9.89. The smallest absolute Gasteiger partial charge is 0.407 e. The lowest BCUT2D eigenvalue weighted by Crippen LogP contribution is -2.56.